The summed E-state index contributed by atoms with van der Waals surface area (Å²) >= 11 is 0. The summed E-state index contributed by atoms with van der Waals surface area (Å²) in [5.41, 5.74) is 13.1. The number of primary amides is 1. The van der Waals surface area contributed by atoms with Gasteiger partial charge in [0.15, 0.2) is 5.96 Å². The molecule has 7 heteroatoms. The lowest BCUT2D eigenvalue weighted by atomic mass is 10.2. The zero-order chi connectivity index (χ0) is 14.5. The average Bonchev–Trinajstić information content (AvgIpc) is 2.88. The second kappa shape index (κ2) is 8.18. The van der Waals surface area contributed by atoms with Crippen LogP contribution in [0.1, 0.15) is 18.4 Å². The molecular formula is C14H21IN4O2. The van der Waals surface area contributed by atoms with Crippen LogP contribution in [0.4, 0.5) is 5.69 Å². The Kier molecular flexibility index (Phi) is 6.90. The predicted octanol–water partition coefficient (Wildman–Crippen LogP) is 1.37. The highest BCUT2D eigenvalue weighted by Crippen LogP contribution is 2.19. The summed E-state index contributed by atoms with van der Waals surface area (Å²) in [6.07, 6.45) is 0.850. The van der Waals surface area contributed by atoms with Gasteiger partial charge in [0, 0.05) is 5.69 Å². The third-order valence-electron chi connectivity index (χ3n) is 3.21. The van der Waals surface area contributed by atoms with Crippen molar-refractivity contribution in [2.24, 2.45) is 16.5 Å². The number of aliphatic imine (C=N–C) groups is 1. The van der Waals surface area contributed by atoms with Crippen molar-refractivity contribution in [3.63, 3.8) is 0 Å². The number of nitrogens with two attached hydrogens (primary N) is 2. The van der Waals surface area contributed by atoms with E-state index in [4.69, 9.17) is 16.2 Å². The number of hydrogen-bond donors (Lipinski definition) is 3. The molecule has 0 radical (unpaired) electrons. The minimum Gasteiger partial charge on any atom is -0.370 e. The SMILES string of the molecule is Cc1ccc(NC(N)=NCC2CCC(C(N)=O)O2)cc1.I. The molecule has 2 atom stereocenters. The molecule has 0 bridgehead atoms. The Labute approximate surface area is 141 Å². The number of carbonyl (C=O) groups excluding carboxylic acids is 1. The molecule has 1 aromatic rings. The van der Waals surface area contributed by atoms with Gasteiger partial charge in [-0.2, -0.15) is 0 Å². The highest BCUT2D eigenvalue weighted by molar-refractivity contribution is 14.0. The van der Waals surface area contributed by atoms with Gasteiger partial charge in [-0.05, 0) is 31.9 Å². The van der Waals surface area contributed by atoms with Crippen LogP contribution in [0.25, 0.3) is 0 Å². The van der Waals surface area contributed by atoms with Crippen LogP contribution in [0.3, 0.4) is 0 Å². The molecule has 0 spiro atoms. The Morgan fingerprint density at radius 1 is 1.33 bits per heavy atom. The van der Waals surface area contributed by atoms with Crippen molar-refractivity contribution in [1.29, 1.82) is 0 Å². The zero-order valence-electron chi connectivity index (χ0n) is 11.9. The van der Waals surface area contributed by atoms with Gasteiger partial charge in [-0.1, -0.05) is 17.7 Å². The molecule has 2 rings (SSSR count). The molecule has 0 aromatic heterocycles. The minimum atomic E-state index is -0.485. The smallest absolute Gasteiger partial charge is 0.246 e. The highest BCUT2D eigenvalue weighted by atomic mass is 127. The van der Waals surface area contributed by atoms with E-state index in [1.807, 2.05) is 31.2 Å². The Morgan fingerprint density at radius 3 is 2.57 bits per heavy atom. The number of amides is 1. The van der Waals surface area contributed by atoms with E-state index in [-0.39, 0.29) is 30.1 Å². The van der Waals surface area contributed by atoms with Gasteiger partial charge in [-0.3, -0.25) is 9.79 Å². The van der Waals surface area contributed by atoms with E-state index >= 15 is 0 Å². The quantitative estimate of drug-likeness (QED) is 0.401. The second-order valence-electron chi connectivity index (χ2n) is 4.94. The molecule has 1 aliphatic rings. The fourth-order valence-electron chi connectivity index (χ4n) is 2.07. The standard InChI is InChI=1S/C14H20N4O2.HI/c1-9-2-4-10(5-3-9)18-14(16)17-8-11-6-7-12(20-11)13(15)19;/h2-5,11-12H,6-8H2,1H3,(H2,15,19)(H3,16,17,18);1H. The summed E-state index contributed by atoms with van der Waals surface area (Å²) in [4.78, 5) is 15.2. The topological polar surface area (TPSA) is 103 Å². The zero-order valence-corrected chi connectivity index (χ0v) is 14.2. The average molecular weight is 404 g/mol. The Hall–Kier alpha value is -1.35. The third kappa shape index (κ3) is 5.50. The lowest BCUT2D eigenvalue weighted by Crippen LogP contribution is -2.29. The molecule has 6 nitrogen and oxygen atoms in total. The molecule has 0 aliphatic carbocycles. The van der Waals surface area contributed by atoms with E-state index < -0.39 is 12.0 Å². The Morgan fingerprint density at radius 2 is 2.00 bits per heavy atom. The number of hydrogen-bond acceptors (Lipinski definition) is 3. The number of guanidine groups is 1. The first-order valence-corrected chi connectivity index (χ1v) is 6.63. The number of ether oxygens (including phenoxy) is 1. The van der Waals surface area contributed by atoms with Crippen LogP contribution in [-0.2, 0) is 9.53 Å². The van der Waals surface area contributed by atoms with Crippen molar-refractivity contribution < 1.29 is 9.53 Å². The van der Waals surface area contributed by atoms with Crippen LogP contribution in [0.2, 0.25) is 0 Å². The normalized spacial score (nSPS) is 21.7. The van der Waals surface area contributed by atoms with Crippen LogP contribution in [0.5, 0.6) is 0 Å². The number of aryl methyl sites for hydroxylation is 1. The summed E-state index contributed by atoms with van der Waals surface area (Å²) < 4.78 is 5.47. The van der Waals surface area contributed by atoms with E-state index in [0.717, 1.165) is 12.1 Å². The molecule has 1 amide bonds. The van der Waals surface area contributed by atoms with Gasteiger partial charge < -0.3 is 21.5 Å². The van der Waals surface area contributed by atoms with E-state index in [0.29, 0.717) is 18.9 Å². The molecule has 1 aliphatic heterocycles. The fraction of sp³-hybridized carbons (Fsp3) is 0.429. The van der Waals surface area contributed by atoms with Crippen LogP contribution in [-0.4, -0.2) is 30.6 Å². The van der Waals surface area contributed by atoms with Gasteiger partial charge in [0.05, 0.1) is 12.6 Å². The monoisotopic (exact) mass is 404 g/mol. The summed E-state index contributed by atoms with van der Waals surface area (Å²) in [6.45, 7) is 2.45. The van der Waals surface area contributed by atoms with Gasteiger partial charge >= 0.3 is 0 Å². The Balaban J connectivity index is 0.00000220. The van der Waals surface area contributed by atoms with E-state index in [1.165, 1.54) is 5.56 Å². The van der Waals surface area contributed by atoms with Crippen molar-refractivity contribution in [1.82, 2.24) is 0 Å². The maximum absolute atomic E-state index is 11.0. The van der Waals surface area contributed by atoms with Crippen molar-refractivity contribution in [3.05, 3.63) is 29.8 Å². The van der Waals surface area contributed by atoms with E-state index in [1.54, 1.807) is 0 Å². The van der Waals surface area contributed by atoms with E-state index in [9.17, 15) is 4.79 Å². The summed E-state index contributed by atoms with van der Waals surface area (Å²) in [6, 6.07) is 7.86. The first-order chi connectivity index (χ1) is 9.54. The highest BCUT2D eigenvalue weighted by Gasteiger charge is 2.28. The van der Waals surface area contributed by atoms with Crippen molar-refractivity contribution in [2.45, 2.75) is 32.0 Å². The van der Waals surface area contributed by atoms with Gasteiger partial charge in [0.2, 0.25) is 5.91 Å². The van der Waals surface area contributed by atoms with Crippen LogP contribution < -0.4 is 16.8 Å². The molecule has 1 aromatic carbocycles. The van der Waals surface area contributed by atoms with Crippen molar-refractivity contribution in [2.75, 3.05) is 11.9 Å². The first kappa shape index (κ1) is 17.7. The number of carbonyl (C=O) groups is 1. The minimum absolute atomic E-state index is 0. The summed E-state index contributed by atoms with van der Waals surface area (Å²) in [5, 5.41) is 3.01. The molecule has 5 N–H and O–H groups in total. The molecule has 1 heterocycles. The van der Waals surface area contributed by atoms with Crippen LogP contribution >= 0.6 is 24.0 Å². The van der Waals surface area contributed by atoms with Crippen molar-refractivity contribution >= 4 is 41.5 Å². The predicted molar refractivity (Wildman–Crippen MR) is 93.8 cm³/mol. The molecular weight excluding hydrogens is 383 g/mol. The molecule has 21 heavy (non-hydrogen) atoms. The molecule has 1 saturated heterocycles. The second-order valence-corrected chi connectivity index (χ2v) is 4.94. The van der Waals surface area contributed by atoms with Gasteiger partial charge in [0.1, 0.15) is 6.10 Å². The largest absolute Gasteiger partial charge is 0.370 e. The number of benzene rings is 1. The number of rotatable bonds is 4. The van der Waals surface area contributed by atoms with Crippen molar-refractivity contribution in [3.8, 4) is 0 Å². The molecule has 1 fully saturated rings. The van der Waals surface area contributed by atoms with Crippen LogP contribution in [0.15, 0.2) is 29.3 Å². The van der Waals surface area contributed by atoms with Gasteiger partial charge in [0.25, 0.3) is 0 Å². The summed E-state index contributed by atoms with van der Waals surface area (Å²) in [5.74, 6) is -0.0813. The summed E-state index contributed by atoms with van der Waals surface area (Å²) in [7, 11) is 0. The number of anilines is 1. The number of nitrogens with one attached hydrogen (secondary N) is 1. The number of nitrogens with zero attached hydrogens (tertiary/aromatic N) is 1. The van der Waals surface area contributed by atoms with E-state index in [2.05, 4.69) is 10.3 Å². The van der Waals surface area contributed by atoms with Gasteiger partial charge in [-0.15, -0.1) is 24.0 Å². The molecule has 0 saturated carbocycles. The first-order valence-electron chi connectivity index (χ1n) is 6.63. The van der Waals surface area contributed by atoms with Crippen LogP contribution in [0, 0.1) is 6.92 Å². The lowest BCUT2D eigenvalue weighted by Gasteiger charge is -2.10. The molecule has 116 valence electrons. The lowest BCUT2D eigenvalue weighted by molar-refractivity contribution is -0.128. The van der Waals surface area contributed by atoms with Gasteiger partial charge in [-0.25, -0.2) is 0 Å². The third-order valence-corrected chi connectivity index (χ3v) is 3.21. The Bertz CT molecular complexity index is 504. The maximum Gasteiger partial charge on any atom is 0.246 e. The molecule has 2 unspecified atom stereocenters. The number of halogens is 1. The fourth-order valence-corrected chi connectivity index (χ4v) is 2.07. The maximum atomic E-state index is 11.0.